The smallest absolute Gasteiger partial charge is 0.408 e. The van der Waals surface area contributed by atoms with Gasteiger partial charge in [-0.1, -0.05) is 12.1 Å². The van der Waals surface area contributed by atoms with Gasteiger partial charge < -0.3 is 30.3 Å². The number of nitrogens with one attached hydrogen (secondary N) is 3. The van der Waals surface area contributed by atoms with Crippen LogP contribution in [-0.4, -0.2) is 69.4 Å². The molecule has 1 amide bonds. The summed E-state index contributed by atoms with van der Waals surface area (Å²) in [6.45, 7) is 10.5. The Bertz CT molecular complexity index is 711. The number of carbonyl (C=O) groups is 1. The van der Waals surface area contributed by atoms with E-state index < -0.39 is 17.2 Å². The molecule has 1 atom stereocenters. The molecule has 0 bridgehead atoms. The highest BCUT2D eigenvalue weighted by Crippen LogP contribution is 2.22. The first kappa shape index (κ1) is 25.6. The van der Waals surface area contributed by atoms with Crippen LogP contribution >= 0.6 is 0 Å². The molecule has 1 rings (SSSR count). The average Bonchev–Trinajstić information content (AvgIpc) is 2.62. The van der Waals surface area contributed by atoms with Crippen molar-refractivity contribution >= 4 is 12.1 Å². The standard InChI is InChI=1S/C22H39N5O3/c1-21(2,3)30-20(28)26-22(4,5)15-25-19(23-6)24-14-18(27(7)8)16-11-10-12-17(13-16)29-9/h10-13,18H,14-15H2,1-9H3,(H,26,28)(H2,23,24,25). The molecule has 170 valence electrons. The van der Waals surface area contributed by atoms with Crippen molar-refractivity contribution in [3.05, 3.63) is 29.8 Å². The maximum Gasteiger partial charge on any atom is 0.408 e. The lowest BCUT2D eigenvalue weighted by molar-refractivity contribution is 0.0474. The normalized spacial score (nSPS) is 13.6. The molecule has 0 spiro atoms. The molecular formula is C22H39N5O3. The highest BCUT2D eigenvalue weighted by Gasteiger charge is 2.25. The highest BCUT2D eigenvalue weighted by molar-refractivity contribution is 5.80. The predicted molar refractivity (Wildman–Crippen MR) is 122 cm³/mol. The second kappa shape index (κ2) is 11.1. The van der Waals surface area contributed by atoms with E-state index >= 15 is 0 Å². The van der Waals surface area contributed by atoms with Gasteiger partial charge >= 0.3 is 6.09 Å². The summed E-state index contributed by atoms with van der Waals surface area (Å²) in [5.74, 6) is 1.49. The summed E-state index contributed by atoms with van der Waals surface area (Å²) in [5.41, 5.74) is 0.0921. The lowest BCUT2D eigenvalue weighted by atomic mass is 10.1. The zero-order chi connectivity index (χ0) is 22.9. The van der Waals surface area contributed by atoms with Gasteiger partial charge in [-0.15, -0.1) is 0 Å². The molecule has 0 aliphatic carbocycles. The number of hydrogen-bond donors (Lipinski definition) is 3. The number of amides is 1. The molecule has 0 radical (unpaired) electrons. The molecule has 8 heteroatoms. The van der Waals surface area contributed by atoms with E-state index in [1.165, 1.54) is 0 Å². The summed E-state index contributed by atoms with van der Waals surface area (Å²) in [6.07, 6.45) is -0.442. The van der Waals surface area contributed by atoms with Crippen molar-refractivity contribution < 1.29 is 14.3 Å². The van der Waals surface area contributed by atoms with Gasteiger partial charge in [0.1, 0.15) is 11.4 Å². The summed E-state index contributed by atoms with van der Waals surface area (Å²) in [6, 6.07) is 8.17. The van der Waals surface area contributed by atoms with Crippen LogP contribution in [0.15, 0.2) is 29.3 Å². The zero-order valence-electron chi connectivity index (χ0n) is 19.9. The maximum absolute atomic E-state index is 12.1. The first-order valence-corrected chi connectivity index (χ1v) is 10.1. The number of likely N-dealkylation sites (N-methyl/N-ethyl adjacent to an activating group) is 1. The van der Waals surface area contributed by atoms with Crippen LogP contribution < -0.4 is 20.7 Å². The van der Waals surface area contributed by atoms with Gasteiger partial charge in [0, 0.05) is 20.1 Å². The van der Waals surface area contributed by atoms with Crippen molar-refractivity contribution in [1.29, 1.82) is 0 Å². The molecule has 0 fully saturated rings. The summed E-state index contributed by atoms with van der Waals surface area (Å²) < 4.78 is 10.7. The van der Waals surface area contributed by atoms with E-state index in [0.29, 0.717) is 19.0 Å². The van der Waals surface area contributed by atoms with Crippen molar-refractivity contribution in [3.63, 3.8) is 0 Å². The van der Waals surface area contributed by atoms with Crippen LogP contribution in [-0.2, 0) is 4.74 Å². The van der Waals surface area contributed by atoms with E-state index in [1.807, 2.05) is 66.9 Å². The number of carbonyl (C=O) groups excluding carboxylic acids is 1. The average molecular weight is 422 g/mol. The zero-order valence-corrected chi connectivity index (χ0v) is 19.9. The Balaban J connectivity index is 2.67. The minimum absolute atomic E-state index is 0.131. The quantitative estimate of drug-likeness (QED) is 0.442. The fraction of sp³-hybridized carbons (Fsp3) is 0.636. The van der Waals surface area contributed by atoms with Crippen LogP contribution in [0.1, 0.15) is 46.2 Å². The Labute approximate surface area is 181 Å². The fourth-order valence-corrected chi connectivity index (χ4v) is 2.79. The van der Waals surface area contributed by atoms with Crippen LogP contribution in [0.3, 0.4) is 0 Å². The van der Waals surface area contributed by atoms with E-state index in [0.717, 1.165) is 11.3 Å². The van der Waals surface area contributed by atoms with Gasteiger partial charge in [0.2, 0.25) is 0 Å². The monoisotopic (exact) mass is 421 g/mol. The molecule has 0 saturated heterocycles. The number of aliphatic imine (C=N–C) groups is 1. The van der Waals surface area contributed by atoms with Crippen molar-refractivity contribution in [2.45, 2.75) is 51.8 Å². The van der Waals surface area contributed by atoms with Gasteiger partial charge in [-0.25, -0.2) is 4.79 Å². The van der Waals surface area contributed by atoms with Gasteiger partial charge in [0.25, 0.3) is 0 Å². The number of methoxy groups -OCH3 is 1. The summed E-state index contributed by atoms with van der Waals surface area (Å²) in [7, 11) is 7.46. The molecule has 1 aromatic rings. The van der Waals surface area contributed by atoms with Crippen LogP contribution in [0.4, 0.5) is 4.79 Å². The first-order valence-electron chi connectivity index (χ1n) is 10.1. The van der Waals surface area contributed by atoms with E-state index in [1.54, 1.807) is 14.2 Å². The molecule has 30 heavy (non-hydrogen) atoms. The minimum atomic E-state index is -0.535. The van der Waals surface area contributed by atoms with Gasteiger partial charge in [-0.3, -0.25) is 4.99 Å². The Morgan fingerprint density at radius 1 is 1.17 bits per heavy atom. The lowest BCUT2D eigenvalue weighted by Crippen LogP contribution is -2.54. The second-order valence-electron chi connectivity index (χ2n) is 9.07. The van der Waals surface area contributed by atoms with Crippen LogP contribution in [0.5, 0.6) is 5.75 Å². The molecule has 0 heterocycles. The van der Waals surface area contributed by atoms with E-state index in [9.17, 15) is 4.79 Å². The topological polar surface area (TPSA) is 87.2 Å². The van der Waals surface area contributed by atoms with Crippen LogP contribution in [0.25, 0.3) is 0 Å². The molecule has 8 nitrogen and oxygen atoms in total. The molecular weight excluding hydrogens is 382 g/mol. The van der Waals surface area contributed by atoms with Crippen molar-refractivity contribution in [1.82, 2.24) is 20.9 Å². The molecule has 1 aromatic carbocycles. The Hall–Kier alpha value is -2.48. The fourth-order valence-electron chi connectivity index (χ4n) is 2.79. The van der Waals surface area contributed by atoms with Crippen molar-refractivity contribution in [3.8, 4) is 5.75 Å². The second-order valence-corrected chi connectivity index (χ2v) is 9.07. The largest absolute Gasteiger partial charge is 0.497 e. The summed E-state index contributed by atoms with van der Waals surface area (Å²) in [4.78, 5) is 18.5. The van der Waals surface area contributed by atoms with Gasteiger partial charge in [0.15, 0.2) is 5.96 Å². The van der Waals surface area contributed by atoms with E-state index in [4.69, 9.17) is 9.47 Å². The summed E-state index contributed by atoms with van der Waals surface area (Å²) in [5, 5.41) is 9.52. The molecule has 3 N–H and O–H groups in total. The third-order valence-corrected chi connectivity index (χ3v) is 4.33. The number of hydrogen-bond acceptors (Lipinski definition) is 5. The van der Waals surface area contributed by atoms with Crippen LogP contribution in [0, 0.1) is 0 Å². The Morgan fingerprint density at radius 3 is 2.37 bits per heavy atom. The van der Waals surface area contributed by atoms with Gasteiger partial charge in [0.05, 0.1) is 18.7 Å². The summed E-state index contributed by atoms with van der Waals surface area (Å²) >= 11 is 0. The predicted octanol–water partition coefficient (Wildman–Crippen LogP) is 2.77. The third kappa shape index (κ3) is 9.35. The van der Waals surface area contributed by atoms with Crippen LogP contribution in [0.2, 0.25) is 0 Å². The number of ether oxygens (including phenoxy) is 2. The van der Waals surface area contributed by atoms with E-state index in [-0.39, 0.29) is 6.04 Å². The van der Waals surface area contributed by atoms with Gasteiger partial charge in [-0.2, -0.15) is 0 Å². The molecule has 0 aliphatic rings. The third-order valence-electron chi connectivity index (χ3n) is 4.33. The van der Waals surface area contributed by atoms with Crippen molar-refractivity contribution in [2.24, 2.45) is 4.99 Å². The highest BCUT2D eigenvalue weighted by atomic mass is 16.6. The minimum Gasteiger partial charge on any atom is -0.497 e. The SMILES string of the molecule is CN=C(NCC(c1cccc(OC)c1)N(C)C)NCC(C)(C)NC(=O)OC(C)(C)C. The maximum atomic E-state index is 12.1. The first-order chi connectivity index (χ1) is 13.9. The number of nitrogens with zero attached hydrogens (tertiary/aromatic N) is 2. The lowest BCUT2D eigenvalue weighted by Gasteiger charge is -2.30. The molecule has 0 saturated carbocycles. The van der Waals surface area contributed by atoms with E-state index in [2.05, 4.69) is 31.9 Å². The molecule has 1 unspecified atom stereocenters. The van der Waals surface area contributed by atoms with Gasteiger partial charge in [-0.05, 0) is 66.4 Å². The number of alkyl carbamates (subject to hydrolysis) is 1. The van der Waals surface area contributed by atoms with Crippen molar-refractivity contribution in [2.75, 3.05) is 41.3 Å². The number of benzene rings is 1. The Kier molecular flexibility index (Phi) is 9.42. The molecule has 0 aliphatic heterocycles. The molecule has 0 aromatic heterocycles. The number of guanidine groups is 1. The number of rotatable bonds is 8. The Morgan fingerprint density at radius 2 is 1.83 bits per heavy atom.